The fourth-order valence-corrected chi connectivity index (χ4v) is 3.41. The van der Waals surface area contributed by atoms with Gasteiger partial charge in [0.05, 0.1) is 5.02 Å². The van der Waals surface area contributed by atoms with E-state index in [0.717, 1.165) is 24.0 Å². The van der Waals surface area contributed by atoms with Gasteiger partial charge in [0.15, 0.2) is 6.61 Å². The number of carbonyl (C=O) groups excluding carboxylic acids is 2. The zero-order chi connectivity index (χ0) is 21.9. The highest BCUT2D eigenvalue weighted by molar-refractivity contribution is 6.32. The number of unbranched alkanes of at least 4 members (excludes halogenated alkanes) is 1. The van der Waals surface area contributed by atoms with Crippen molar-refractivity contribution in [2.45, 2.75) is 52.6 Å². The topological polar surface area (TPSA) is 58.6 Å². The van der Waals surface area contributed by atoms with E-state index in [-0.39, 0.29) is 18.4 Å². The molecule has 162 valence electrons. The van der Waals surface area contributed by atoms with Gasteiger partial charge in [0.25, 0.3) is 5.91 Å². The quantitative estimate of drug-likeness (QED) is 0.523. The lowest BCUT2D eigenvalue weighted by Gasteiger charge is -2.30. The van der Waals surface area contributed by atoms with Crippen LogP contribution >= 0.6 is 11.6 Å². The van der Waals surface area contributed by atoms with Crippen molar-refractivity contribution in [3.63, 3.8) is 0 Å². The van der Waals surface area contributed by atoms with Gasteiger partial charge in [0.1, 0.15) is 11.8 Å². The third-order valence-electron chi connectivity index (χ3n) is 4.84. The molecule has 1 N–H and O–H groups in total. The largest absolute Gasteiger partial charge is 0.482 e. The summed E-state index contributed by atoms with van der Waals surface area (Å²) < 4.78 is 5.66. The second-order valence-electron chi connectivity index (χ2n) is 7.30. The van der Waals surface area contributed by atoms with Crippen LogP contribution in [0.4, 0.5) is 0 Å². The highest BCUT2D eigenvalue weighted by Gasteiger charge is 2.28. The normalized spacial score (nSPS) is 11.6. The number of hydrogen-bond acceptors (Lipinski definition) is 3. The third kappa shape index (κ3) is 7.06. The van der Waals surface area contributed by atoms with E-state index in [9.17, 15) is 9.59 Å². The summed E-state index contributed by atoms with van der Waals surface area (Å²) in [5.74, 6) is 0.0575. The molecule has 2 aromatic rings. The fraction of sp³-hybridized carbons (Fsp3) is 0.417. The number of carbonyl (C=O) groups is 2. The van der Waals surface area contributed by atoms with Crippen molar-refractivity contribution < 1.29 is 14.3 Å². The van der Waals surface area contributed by atoms with Gasteiger partial charge in [-0.25, -0.2) is 0 Å². The first kappa shape index (κ1) is 23.7. The standard InChI is InChI=1S/C24H31ClN2O3/c1-4-6-14-26-24(29)21(5-2)27(16-19-11-9-10-18(3)15-19)23(28)17-30-22-13-8-7-12-20(22)25/h7-13,15,21H,4-6,14,16-17H2,1-3H3,(H,26,29)/t21-/m0/s1. The molecule has 2 amide bonds. The number of hydrogen-bond donors (Lipinski definition) is 1. The van der Waals surface area contributed by atoms with Crippen molar-refractivity contribution in [1.82, 2.24) is 10.2 Å². The number of halogens is 1. The second kappa shape index (κ2) is 12.2. The molecule has 0 saturated heterocycles. The second-order valence-corrected chi connectivity index (χ2v) is 7.71. The Morgan fingerprint density at radius 1 is 1.13 bits per heavy atom. The van der Waals surface area contributed by atoms with Crippen molar-refractivity contribution in [2.75, 3.05) is 13.2 Å². The maximum Gasteiger partial charge on any atom is 0.261 e. The van der Waals surface area contributed by atoms with Crippen molar-refractivity contribution >= 4 is 23.4 Å². The van der Waals surface area contributed by atoms with E-state index in [4.69, 9.17) is 16.3 Å². The van der Waals surface area contributed by atoms with Gasteiger partial charge < -0.3 is 15.0 Å². The molecule has 5 nitrogen and oxygen atoms in total. The number of rotatable bonds is 11. The Labute approximate surface area is 184 Å². The number of nitrogens with zero attached hydrogens (tertiary/aromatic N) is 1. The fourth-order valence-electron chi connectivity index (χ4n) is 3.22. The van der Waals surface area contributed by atoms with Crippen LogP contribution in [0.1, 0.15) is 44.2 Å². The first-order chi connectivity index (χ1) is 14.5. The first-order valence-corrected chi connectivity index (χ1v) is 10.8. The molecule has 0 spiro atoms. The highest BCUT2D eigenvalue weighted by Crippen LogP contribution is 2.23. The Hall–Kier alpha value is -2.53. The highest BCUT2D eigenvalue weighted by atomic mass is 35.5. The number of ether oxygens (including phenoxy) is 1. The lowest BCUT2D eigenvalue weighted by molar-refractivity contribution is -0.143. The number of aryl methyl sites for hydroxylation is 1. The molecule has 6 heteroatoms. The van der Waals surface area contributed by atoms with E-state index in [0.29, 0.717) is 30.3 Å². The van der Waals surface area contributed by atoms with Crippen molar-refractivity contribution in [1.29, 1.82) is 0 Å². The molecule has 30 heavy (non-hydrogen) atoms. The summed E-state index contributed by atoms with van der Waals surface area (Å²) in [5.41, 5.74) is 2.08. The van der Waals surface area contributed by atoms with Crippen molar-refractivity contribution in [2.24, 2.45) is 0 Å². The Morgan fingerprint density at radius 3 is 2.57 bits per heavy atom. The van der Waals surface area contributed by atoms with E-state index in [2.05, 4.69) is 12.2 Å². The summed E-state index contributed by atoms with van der Waals surface area (Å²) in [6, 6.07) is 14.4. The average molecular weight is 431 g/mol. The van der Waals surface area contributed by atoms with E-state index in [1.807, 2.05) is 38.1 Å². The van der Waals surface area contributed by atoms with E-state index in [1.54, 1.807) is 29.2 Å². The summed E-state index contributed by atoms with van der Waals surface area (Å²) in [4.78, 5) is 27.5. The Bertz CT molecular complexity index is 841. The number of nitrogens with one attached hydrogen (secondary N) is 1. The van der Waals surface area contributed by atoms with Gasteiger partial charge in [0, 0.05) is 13.1 Å². The zero-order valence-electron chi connectivity index (χ0n) is 18.0. The van der Waals surface area contributed by atoms with E-state index in [1.165, 1.54) is 0 Å². The van der Waals surface area contributed by atoms with Gasteiger partial charge in [-0.1, -0.05) is 73.8 Å². The van der Waals surface area contributed by atoms with Gasteiger partial charge in [-0.3, -0.25) is 9.59 Å². The summed E-state index contributed by atoms with van der Waals surface area (Å²) in [6.07, 6.45) is 2.42. The molecule has 0 aliphatic rings. The molecule has 0 bridgehead atoms. The van der Waals surface area contributed by atoms with Gasteiger partial charge in [-0.05, 0) is 37.5 Å². The molecule has 0 heterocycles. The van der Waals surface area contributed by atoms with Gasteiger partial charge in [-0.2, -0.15) is 0 Å². The lowest BCUT2D eigenvalue weighted by Crippen LogP contribution is -2.50. The van der Waals surface area contributed by atoms with Gasteiger partial charge >= 0.3 is 0 Å². The molecule has 0 fully saturated rings. The Morgan fingerprint density at radius 2 is 1.90 bits per heavy atom. The minimum Gasteiger partial charge on any atom is -0.482 e. The number of para-hydroxylation sites is 1. The molecule has 0 aromatic heterocycles. The Balaban J connectivity index is 2.18. The summed E-state index contributed by atoms with van der Waals surface area (Å²) >= 11 is 6.13. The minimum atomic E-state index is -0.565. The van der Waals surface area contributed by atoms with Gasteiger partial charge in [-0.15, -0.1) is 0 Å². The maximum absolute atomic E-state index is 13.1. The van der Waals surface area contributed by atoms with Crippen LogP contribution < -0.4 is 10.1 Å². The predicted octanol–water partition coefficient (Wildman–Crippen LogP) is 4.75. The van der Waals surface area contributed by atoms with Gasteiger partial charge in [0.2, 0.25) is 5.91 Å². The van der Waals surface area contributed by atoms with Crippen LogP contribution in [0.2, 0.25) is 5.02 Å². The van der Waals surface area contributed by atoms with Crippen LogP contribution in [0.5, 0.6) is 5.75 Å². The SMILES string of the molecule is CCCCNC(=O)[C@H](CC)N(Cc1cccc(C)c1)C(=O)COc1ccccc1Cl. The molecule has 1 atom stereocenters. The first-order valence-electron chi connectivity index (χ1n) is 10.5. The summed E-state index contributed by atoms with van der Waals surface area (Å²) in [7, 11) is 0. The Kier molecular flexibility index (Phi) is 9.68. The third-order valence-corrected chi connectivity index (χ3v) is 5.15. The van der Waals surface area contributed by atoms with Crippen LogP contribution in [-0.4, -0.2) is 35.9 Å². The van der Waals surface area contributed by atoms with E-state index < -0.39 is 6.04 Å². The molecule has 0 radical (unpaired) electrons. The van der Waals surface area contributed by atoms with Crippen LogP contribution in [0, 0.1) is 6.92 Å². The lowest BCUT2D eigenvalue weighted by atomic mass is 10.1. The molecule has 0 unspecified atom stereocenters. The number of amides is 2. The zero-order valence-corrected chi connectivity index (χ0v) is 18.7. The van der Waals surface area contributed by atoms with Crippen LogP contribution in [-0.2, 0) is 16.1 Å². The molecule has 2 aromatic carbocycles. The van der Waals surface area contributed by atoms with Crippen LogP contribution in [0.3, 0.4) is 0 Å². The van der Waals surface area contributed by atoms with Crippen LogP contribution in [0.25, 0.3) is 0 Å². The molecule has 0 aliphatic heterocycles. The number of benzene rings is 2. The smallest absolute Gasteiger partial charge is 0.261 e. The monoisotopic (exact) mass is 430 g/mol. The molecular weight excluding hydrogens is 400 g/mol. The maximum atomic E-state index is 13.1. The minimum absolute atomic E-state index is 0.135. The summed E-state index contributed by atoms with van der Waals surface area (Å²) in [6.45, 7) is 6.75. The molecular formula is C24H31ClN2O3. The molecule has 0 aliphatic carbocycles. The van der Waals surface area contributed by atoms with Crippen molar-refractivity contribution in [3.8, 4) is 5.75 Å². The average Bonchev–Trinajstić information content (AvgIpc) is 2.73. The van der Waals surface area contributed by atoms with E-state index >= 15 is 0 Å². The molecule has 0 saturated carbocycles. The summed E-state index contributed by atoms with van der Waals surface area (Å²) in [5, 5.41) is 3.40. The van der Waals surface area contributed by atoms with Crippen LogP contribution in [0.15, 0.2) is 48.5 Å². The molecule has 2 rings (SSSR count). The predicted molar refractivity (Wildman–Crippen MR) is 121 cm³/mol. The van der Waals surface area contributed by atoms with Crippen molar-refractivity contribution in [3.05, 3.63) is 64.7 Å².